The Hall–Kier alpha value is -1.24. The smallest absolute Gasteiger partial charge is 0.274 e. The Balaban J connectivity index is 0.00000162. The van der Waals surface area contributed by atoms with Gasteiger partial charge in [0.1, 0.15) is 5.82 Å². The fourth-order valence-electron chi connectivity index (χ4n) is 1.84. The minimum atomic E-state index is -0.471. The zero-order valence-corrected chi connectivity index (χ0v) is 10.7. The summed E-state index contributed by atoms with van der Waals surface area (Å²) < 4.78 is 13.1. The average Bonchev–Trinajstić information content (AvgIpc) is 2.13. The number of hydrogen-bond acceptors (Lipinski definition) is 4. The second-order valence-corrected chi connectivity index (χ2v) is 4.26. The van der Waals surface area contributed by atoms with Crippen LogP contribution in [0.3, 0.4) is 0 Å². The van der Waals surface area contributed by atoms with Crippen molar-refractivity contribution in [3.63, 3.8) is 0 Å². The van der Waals surface area contributed by atoms with E-state index in [-0.39, 0.29) is 18.1 Å². The van der Waals surface area contributed by atoms with Crippen molar-refractivity contribution in [2.75, 3.05) is 20.1 Å². The van der Waals surface area contributed by atoms with Crippen LogP contribution in [0.25, 0.3) is 0 Å². The van der Waals surface area contributed by atoms with Gasteiger partial charge in [-0.3, -0.25) is 15.0 Å². The quantitative estimate of drug-likeness (QED) is 0.669. The van der Waals surface area contributed by atoms with Crippen LogP contribution in [0.2, 0.25) is 0 Å². The Kier molecular flexibility index (Phi) is 5.01. The molecule has 1 saturated heterocycles. The SMILES string of the molecule is CN(Cc1cc(F)ccc1[N+](=O)[O-])C1CNC1.Cl. The van der Waals surface area contributed by atoms with Gasteiger partial charge in [-0.2, -0.15) is 0 Å². The van der Waals surface area contributed by atoms with Gasteiger partial charge in [0.15, 0.2) is 0 Å². The zero-order chi connectivity index (χ0) is 12.4. The number of rotatable bonds is 4. The molecule has 1 aliphatic rings. The molecule has 1 aromatic rings. The highest BCUT2D eigenvalue weighted by Crippen LogP contribution is 2.21. The number of nitrogens with one attached hydrogen (secondary N) is 1. The van der Waals surface area contributed by atoms with Gasteiger partial charge in [0.05, 0.1) is 4.92 Å². The van der Waals surface area contributed by atoms with Crippen molar-refractivity contribution in [2.24, 2.45) is 0 Å². The van der Waals surface area contributed by atoms with Crippen LogP contribution in [-0.4, -0.2) is 36.0 Å². The molecule has 0 amide bonds. The van der Waals surface area contributed by atoms with Crippen LogP contribution in [0.15, 0.2) is 18.2 Å². The van der Waals surface area contributed by atoms with E-state index in [1.165, 1.54) is 12.1 Å². The molecule has 0 spiro atoms. The van der Waals surface area contributed by atoms with Crippen molar-refractivity contribution < 1.29 is 9.31 Å². The van der Waals surface area contributed by atoms with Gasteiger partial charge in [0, 0.05) is 37.3 Å². The molecule has 5 nitrogen and oxygen atoms in total. The minimum Gasteiger partial charge on any atom is -0.314 e. The first-order valence-corrected chi connectivity index (χ1v) is 5.41. The molecule has 0 aromatic heterocycles. The topological polar surface area (TPSA) is 58.4 Å². The van der Waals surface area contributed by atoms with Crippen molar-refractivity contribution in [1.82, 2.24) is 10.2 Å². The van der Waals surface area contributed by atoms with Crippen LogP contribution in [0.1, 0.15) is 5.56 Å². The van der Waals surface area contributed by atoms with Gasteiger partial charge in [-0.15, -0.1) is 12.4 Å². The summed E-state index contributed by atoms with van der Waals surface area (Å²) >= 11 is 0. The summed E-state index contributed by atoms with van der Waals surface area (Å²) in [6.07, 6.45) is 0. The minimum absolute atomic E-state index is 0. The summed E-state index contributed by atoms with van der Waals surface area (Å²) in [5.41, 5.74) is 0.398. The zero-order valence-electron chi connectivity index (χ0n) is 9.93. The first kappa shape index (κ1) is 14.8. The first-order valence-electron chi connectivity index (χ1n) is 5.41. The van der Waals surface area contributed by atoms with E-state index in [0.717, 1.165) is 19.2 Å². The second kappa shape index (κ2) is 6.08. The molecule has 0 saturated carbocycles. The number of hydrogen-bond donors (Lipinski definition) is 1. The van der Waals surface area contributed by atoms with Gasteiger partial charge in [-0.25, -0.2) is 4.39 Å². The van der Waals surface area contributed by atoms with E-state index in [1.807, 2.05) is 11.9 Å². The third-order valence-corrected chi connectivity index (χ3v) is 3.04. The van der Waals surface area contributed by atoms with Crippen LogP contribution in [-0.2, 0) is 6.54 Å². The van der Waals surface area contributed by atoms with Crippen LogP contribution in [0.4, 0.5) is 10.1 Å². The molecular weight excluding hydrogens is 261 g/mol. The van der Waals surface area contributed by atoms with Crippen LogP contribution in [0.5, 0.6) is 0 Å². The Morgan fingerprint density at radius 1 is 1.56 bits per heavy atom. The van der Waals surface area contributed by atoms with E-state index >= 15 is 0 Å². The van der Waals surface area contributed by atoms with Crippen LogP contribution < -0.4 is 5.32 Å². The third-order valence-electron chi connectivity index (χ3n) is 3.04. The van der Waals surface area contributed by atoms with Gasteiger partial charge in [0.25, 0.3) is 5.69 Å². The largest absolute Gasteiger partial charge is 0.314 e. The number of halogens is 2. The second-order valence-electron chi connectivity index (χ2n) is 4.26. The van der Waals surface area contributed by atoms with Crippen LogP contribution in [0, 0.1) is 15.9 Å². The number of nitro benzene ring substituents is 1. The lowest BCUT2D eigenvalue weighted by Crippen LogP contribution is -2.55. The lowest BCUT2D eigenvalue weighted by Gasteiger charge is -2.35. The van der Waals surface area contributed by atoms with Gasteiger partial charge < -0.3 is 5.32 Å². The molecule has 1 fully saturated rings. The fourth-order valence-corrected chi connectivity index (χ4v) is 1.84. The Morgan fingerprint density at radius 3 is 2.72 bits per heavy atom. The summed E-state index contributed by atoms with van der Waals surface area (Å²) in [5.74, 6) is -0.439. The van der Waals surface area contributed by atoms with Crippen molar-refractivity contribution >= 4 is 18.1 Å². The van der Waals surface area contributed by atoms with Crippen molar-refractivity contribution in [3.8, 4) is 0 Å². The summed E-state index contributed by atoms with van der Waals surface area (Å²) in [5, 5.41) is 13.9. The molecule has 1 aliphatic heterocycles. The Labute approximate surface area is 111 Å². The highest BCUT2D eigenvalue weighted by Gasteiger charge is 2.24. The molecule has 0 unspecified atom stereocenters. The molecule has 1 heterocycles. The Morgan fingerprint density at radius 2 is 2.22 bits per heavy atom. The third kappa shape index (κ3) is 3.16. The van der Waals surface area contributed by atoms with E-state index in [0.29, 0.717) is 18.2 Å². The first-order chi connectivity index (χ1) is 8.08. The average molecular weight is 276 g/mol. The maximum absolute atomic E-state index is 13.1. The molecule has 0 radical (unpaired) electrons. The fraction of sp³-hybridized carbons (Fsp3) is 0.455. The standard InChI is InChI=1S/C11H14FN3O2.ClH/c1-14(10-5-13-6-10)7-8-4-9(12)2-3-11(8)15(16)17;/h2-4,10,13H,5-7H2,1H3;1H. The molecule has 0 aliphatic carbocycles. The maximum Gasteiger partial charge on any atom is 0.274 e. The monoisotopic (exact) mass is 275 g/mol. The van der Waals surface area contributed by atoms with Gasteiger partial charge >= 0.3 is 0 Å². The number of likely N-dealkylation sites (N-methyl/N-ethyl adjacent to an activating group) is 1. The molecule has 18 heavy (non-hydrogen) atoms. The molecule has 0 atom stereocenters. The number of benzene rings is 1. The molecule has 0 bridgehead atoms. The molecule has 2 rings (SSSR count). The normalized spacial score (nSPS) is 15.1. The molecule has 1 N–H and O–H groups in total. The Bertz CT molecular complexity index is 440. The maximum atomic E-state index is 13.1. The van der Waals surface area contributed by atoms with Gasteiger partial charge in [0.2, 0.25) is 0 Å². The summed E-state index contributed by atoms with van der Waals surface area (Å²) in [6, 6.07) is 3.95. The number of nitro groups is 1. The van der Waals surface area contributed by atoms with Gasteiger partial charge in [-0.05, 0) is 19.2 Å². The van der Waals surface area contributed by atoms with E-state index in [1.54, 1.807) is 0 Å². The molecule has 1 aromatic carbocycles. The van der Waals surface area contributed by atoms with E-state index in [2.05, 4.69) is 5.32 Å². The van der Waals surface area contributed by atoms with Gasteiger partial charge in [-0.1, -0.05) is 0 Å². The van der Waals surface area contributed by atoms with Crippen molar-refractivity contribution in [3.05, 3.63) is 39.7 Å². The van der Waals surface area contributed by atoms with Crippen molar-refractivity contribution in [2.45, 2.75) is 12.6 Å². The van der Waals surface area contributed by atoms with E-state index in [9.17, 15) is 14.5 Å². The number of nitrogens with zero attached hydrogens (tertiary/aromatic N) is 2. The predicted octanol–water partition coefficient (Wildman–Crippen LogP) is 1.56. The van der Waals surface area contributed by atoms with Crippen molar-refractivity contribution in [1.29, 1.82) is 0 Å². The molecule has 100 valence electrons. The highest BCUT2D eigenvalue weighted by atomic mass is 35.5. The highest BCUT2D eigenvalue weighted by molar-refractivity contribution is 5.85. The summed E-state index contributed by atoms with van der Waals surface area (Å²) in [6.45, 7) is 2.14. The molecule has 7 heteroatoms. The van der Waals surface area contributed by atoms with E-state index < -0.39 is 10.7 Å². The molecular formula is C11H15ClFN3O2. The summed E-state index contributed by atoms with van der Waals surface area (Å²) in [7, 11) is 1.89. The van der Waals surface area contributed by atoms with Crippen LogP contribution >= 0.6 is 12.4 Å². The van der Waals surface area contributed by atoms with E-state index in [4.69, 9.17) is 0 Å². The lowest BCUT2D eigenvalue weighted by molar-refractivity contribution is -0.385. The summed E-state index contributed by atoms with van der Waals surface area (Å²) in [4.78, 5) is 12.3. The lowest BCUT2D eigenvalue weighted by atomic mass is 10.1. The predicted molar refractivity (Wildman–Crippen MR) is 68.4 cm³/mol.